The van der Waals surface area contributed by atoms with E-state index in [-0.39, 0.29) is 18.0 Å². The van der Waals surface area contributed by atoms with Crippen molar-refractivity contribution in [2.45, 2.75) is 18.7 Å². The molecule has 7 heteroatoms. The van der Waals surface area contributed by atoms with Crippen molar-refractivity contribution < 1.29 is 14.3 Å². The third-order valence-corrected chi connectivity index (χ3v) is 4.85. The predicted molar refractivity (Wildman–Crippen MR) is 107 cm³/mol. The molecule has 1 atom stereocenters. The Morgan fingerprint density at radius 2 is 1.92 bits per heavy atom. The molecular formula is C19H21ClN2O3S. The fraction of sp³-hybridized carbons (Fsp3) is 0.263. The highest BCUT2D eigenvalue weighted by molar-refractivity contribution is 7.99. The molecular weight excluding hydrogens is 372 g/mol. The Bertz CT molecular complexity index is 753. The lowest BCUT2D eigenvalue weighted by atomic mass is 10.1. The monoisotopic (exact) mass is 392 g/mol. The first-order valence-corrected chi connectivity index (χ1v) is 9.57. The molecule has 0 bridgehead atoms. The van der Waals surface area contributed by atoms with Crippen molar-refractivity contribution in [1.82, 2.24) is 5.32 Å². The number of thioether (sulfide) groups is 1. The van der Waals surface area contributed by atoms with Crippen molar-refractivity contribution >= 4 is 41.1 Å². The van der Waals surface area contributed by atoms with Crippen LogP contribution in [-0.2, 0) is 15.3 Å². The topological polar surface area (TPSA) is 67.4 Å². The van der Waals surface area contributed by atoms with Crippen LogP contribution in [-0.4, -0.2) is 24.9 Å². The van der Waals surface area contributed by atoms with Crippen LogP contribution in [0.5, 0.6) is 0 Å². The second-order valence-corrected chi connectivity index (χ2v) is 7.06. The third-order valence-electron chi connectivity index (χ3n) is 3.62. The Morgan fingerprint density at radius 3 is 2.62 bits per heavy atom. The molecule has 2 N–H and O–H groups in total. The van der Waals surface area contributed by atoms with E-state index >= 15 is 0 Å². The van der Waals surface area contributed by atoms with Gasteiger partial charge in [0, 0.05) is 16.5 Å². The SMILES string of the molecule is COC(=O)CSCc1cccc(NC(=O)NC(C)c2ccc(Cl)cc2)c1. The highest BCUT2D eigenvalue weighted by Gasteiger charge is 2.10. The van der Waals surface area contributed by atoms with Gasteiger partial charge in [-0.1, -0.05) is 35.9 Å². The van der Waals surface area contributed by atoms with Crippen LogP contribution in [0.2, 0.25) is 5.02 Å². The Morgan fingerprint density at radius 1 is 1.19 bits per heavy atom. The zero-order chi connectivity index (χ0) is 18.9. The largest absolute Gasteiger partial charge is 0.468 e. The summed E-state index contributed by atoms with van der Waals surface area (Å²) in [6, 6.07) is 14.4. The molecule has 0 aromatic heterocycles. The van der Waals surface area contributed by atoms with Crippen molar-refractivity contribution in [3.8, 4) is 0 Å². The molecule has 5 nitrogen and oxygen atoms in total. The third kappa shape index (κ3) is 6.61. The summed E-state index contributed by atoms with van der Waals surface area (Å²) in [6.45, 7) is 1.91. The van der Waals surface area contributed by atoms with Gasteiger partial charge in [0.05, 0.1) is 18.9 Å². The lowest BCUT2D eigenvalue weighted by Crippen LogP contribution is -2.31. The van der Waals surface area contributed by atoms with Gasteiger partial charge in [0.2, 0.25) is 0 Å². The molecule has 0 aliphatic rings. The van der Waals surface area contributed by atoms with E-state index in [2.05, 4.69) is 15.4 Å². The van der Waals surface area contributed by atoms with Gasteiger partial charge in [0.15, 0.2) is 0 Å². The summed E-state index contributed by atoms with van der Waals surface area (Å²) in [5.41, 5.74) is 2.68. The van der Waals surface area contributed by atoms with Gasteiger partial charge in [-0.05, 0) is 42.3 Å². The minimum absolute atomic E-state index is 0.147. The summed E-state index contributed by atoms with van der Waals surface area (Å²) >= 11 is 7.34. The minimum Gasteiger partial charge on any atom is -0.468 e. The quantitative estimate of drug-likeness (QED) is 0.674. The van der Waals surface area contributed by atoms with Gasteiger partial charge in [-0.3, -0.25) is 4.79 Å². The Kier molecular flexibility index (Phi) is 7.81. The number of urea groups is 1. The standard InChI is InChI=1S/C19H21ClN2O3S/c1-13(15-6-8-16(20)9-7-15)21-19(24)22-17-5-3-4-14(10-17)11-26-12-18(23)25-2/h3-10,13H,11-12H2,1-2H3,(H2,21,22,24). The average molecular weight is 393 g/mol. The van der Waals surface area contributed by atoms with Gasteiger partial charge < -0.3 is 15.4 Å². The molecule has 26 heavy (non-hydrogen) atoms. The fourth-order valence-corrected chi connectivity index (χ4v) is 3.18. The van der Waals surface area contributed by atoms with E-state index in [0.29, 0.717) is 22.2 Å². The average Bonchev–Trinajstić information content (AvgIpc) is 2.62. The molecule has 2 amide bonds. The molecule has 0 fully saturated rings. The zero-order valence-corrected chi connectivity index (χ0v) is 16.2. The van der Waals surface area contributed by atoms with Crippen LogP contribution < -0.4 is 10.6 Å². The Balaban J connectivity index is 1.87. The second kappa shape index (κ2) is 10.1. The number of nitrogens with one attached hydrogen (secondary N) is 2. The molecule has 2 aromatic carbocycles. The predicted octanol–water partition coefficient (Wildman–Crippen LogP) is 4.63. The van der Waals surface area contributed by atoms with Crippen LogP contribution in [0.4, 0.5) is 10.5 Å². The summed E-state index contributed by atoms with van der Waals surface area (Å²) < 4.78 is 4.61. The maximum Gasteiger partial charge on any atom is 0.319 e. The maximum atomic E-state index is 12.2. The van der Waals surface area contributed by atoms with Crippen molar-refractivity contribution in [1.29, 1.82) is 0 Å². The number of rotatable bonds is 7. The van der Waals surface area contributed by atoms with Crippen molar-refractivity contribution in [3.63, 3.8) is 0 Å². The summed E-state index contributed by atoms with van der Waals surface area (Å²) in [5, 5.41) is 6.38. The number of halogens is 1. The number of ether oxygens (including phenoxy) is 1. The number of hydrogen-bond acceptors (Lipinski definition) is 4. The number of methoxy groups -OCH3 is 1. The number of carbonyl (C=O) groups is 2. The van der Waals surface area contributed by atoms with Crippen LogP contribution in [0.15, 0.2) is 48.5 Å². The van der Waals surface area contributed by atoms with E-state index in [1.807, 2.05) is 43.3 Å². The first kappa shape index (κ1) is 20.1. The van der Waals surface area contributed by atoms with Gasteiger partial charge in [-0.15, -0.1) is 11.8 Å². The summed E-state index contributed by atoms with van der Waals surface area (Å²) in [4.78, 5) is 23.3. The van der Waals surface area contributed by atoms with Gasteiger partial charge in [-0.25, -0.2) is 4.79 Å². The first-order chi connectivity index (χ1) is 12.5. The van der Waals surface area contributed by atoms with Crippen LogP contribution in [0, 0.1) is 0 Å². The molecule has 0 spiro atoms. The maximum absolute atomic E-state index is 12.2. The van der Waals surface area contributed by atoms with E-state index in [0.717, 1.165) is 11.1 Å². The number of carbonyl (C=O) groups excluding carboxylic acids is 2. The molecule has 2 aromatic rings. The molecule has 0 saturated heterocycles. The van der Waals surface area contributed by atoms with Crippen LogP contribution in [0.3, 0.4) is 0 Å². The minimum atomic E-state index is -0.285. The van der Waals surface area contributed by atoms with Crippen LogP contribution in [0.25, 0.3) is 0 Å². The van der Waals surface area contributed by atoms with Gasteiger partial charge >= 0.3 is 12.0 Å². The molecule has 0 saturated carbocycles. The Labute approximate surface area is 162 Å². The van der Waals surface area contributed by atoms with E-state index in [9.17, 15) is 9.59 Å². The van der Waals surface area contributed by atoms with E-state index in [1.165, 1.54) is 18.9 Å². The molecule has 1 unspecified atom stereocenters. The van der Waals surface area contributed by atoms with Gasteiger partial charge in [0.1, 0.15) is 0 Å². The van der Waals surface area contributed by atoms with Crippen molar-refractivity contribution in [2.24, 2.45) is 0 Å². The van der Waals surface area contributed by atoms with Crippen LogP contribution in [0.1, 0.15) is 24.1 Å². The molecule has 0 aliphatic heterocycles. The highest BCUT2D eigenvalue weighted by Crippen LogP contribution is 2.18. The Hall–Kier alpha value is -2.18. The van der Waals surface area contributed by atoms with Gasteiger partial charge in [-0.2, -0.15) is 0 Å². The summed E-state index contributed by atoms with van der Waals surface area (Å²) in [5.74, 6) is 0.709. The lowest BCUT2D eigenvalue weighted by Gasteiger charge is -2.15. The highest BCUT2D eigenvalue weighted by atomic mass is 35.5. The first-order valence-electron chi connectivity index (χ1n) is 8.04. The summed E-state index contributed by atoms with van der Waals surface area (Å²) in [7, 11) is 1.37. The smallest absolute Gasteiger partial charge is 0.319 e. The second-order valence-electron chi connectivity index (χ2n) is 5.64. The zero-order valence-electron chi connectivity index (χ0n) is 14.6. The summed E-state index contributed by atoms with van der Waals surface area (Å²) in [6.07, 6.45) is 0. The fourth-order valence-electron chi connectivity index (χ4n) is 2.25. The number of esters is 1. The molecule has 2 rings (SSSR count). The molecule has 138 valence electrons. The van der Waals surface area contributed by atoms with E-state index in [4.69, 9.17) is 11.6 Å². The van der Waals surface area contributed by atoms with Crippen molar-refractivity contribution in [3.05, 3.63) is 64.7 Å². The normalized spacial score (nSPS) is 11.5. The number of amides is 2. The number of benzene rings is 2. The van der Waals surface area contributed by atoms with E-state index in [1.54, 1.807) is 12.1 Å². The number of hydrogen-bond donors (Lipinski definition) is 2. The van der Waals surface area contributed by atoms with Gasteiger partial charge in [0.25, 0.3) is 0 Å². The molecule has 0 heterocycles. The van der Waals surface area contributed by atoms with Crippen LogP contribution >= 0.6 is 23.4 Å². The van der Waals surface area contributed by atoms with E-state index < -0.39 is 0 Å². The number of anilines is 1. The van der Waals surface area contributed by atoms with Crippen molar-refractivity contribution in [2.75, 3.05) is 18.2 Å². The lowest BCUT2D eigenvalue weighted by molar-refractivity contribution is -0.137. The molecule has 0 radical (unpaired) electrons. The molecule has 0 aliphatic carbocycles.